The molecule has 43 heavy (non-hydrogen) atoms. The van der Waals surface area contributed by atoms with E-state index in [2.05, 4.69) is 118 Å². The first-order valence-corrected chi connectivity index (χ1v) is 15.4. The van der Waals surface area contributed by atoms with E-state index >= 15 is 0 Å². The molecule has 0 saturated carbocycles. The van der Waals surface area contributed by atoms with Crippen molar-refractivity contribution in [3.63, 3.8) is 0 Å². The lowest BCUT2D eigenvalue weighted by atomic mass is 9.81. The third kappa shape index (κ3) is 9.06. The Morgan fingerprint density at radius 3 is 1.58 bits per heavy atom. The van der Waals surface area contributed by atoms with Crippen LogP contribution in [0.4, 0.5) is 0 Å². The van der Waals surface area contributed by atoms with Crippen molar-refractivity contribution in [1.29, 1.82) is 0 Å². The SMILES string of the molecule is C=COCCCCOCC(O)COc1c(C(C)c2ccccc2)cc(C(C)c2ccccc2)cc1C(C)c1ccccc1. The number of benzene rings is 4. The van der Waals surface area contributed by atoms with Gasteiger partial charge in [-0.05, 0) is 35.1 Å². The molecule has 0 saturated heterocycles. The van der Waals surface area contributed by atoms with Crippen molar-refractivity contribution in [3.8, 4) is 5.75 Å². The van der Waals surface area contributed by atoms with Gasteiger partial charge in [0, 0.05) is 35.5 Å². The average molecular weight is 579 g/mol. The van der Waals surface area contributed by atoms with E-state index in [1.807, 2.05) is 12.1 Å². The van der Waals surface area contributed by atoms with E-state index in [4.69, 9.17) is 14.2 Å². The zero-order valence-electron chi connectivity index (χ0n) is 25.8. The van der Waals surface area contributed by atoms with Gasteiger partial charge >= 0.3 is 0 Å². The molecule has 0 fully saturated rings. The van der Waals surface area contributed by atoms with Crippen LogP contribution < -0.4 is 4.74 Å². The summed E-state index contributed by atoms with van der Waals surface area (Å²) in [6.07, 6.45) is 2.46. The smallest absolute Gasteiger partial charge is 0.127 e. The summed E-state index contributed by atoms with van der Waals surface area (Å²) in [5.74, 6) is 1.23. The number of hydrogen-bond donors (Lipinski definition) is 1. The number of hydrogen-bond acceptors (Lipinski definition) is 4. The molecule has 4 heteroatoms. The maximum Gasteiger partial charge on any atom is 0.127 e. The van der Waals surface area contributed by atoms with E-state index < -0.39 is 6.10 Å². The normalized spacial score (nSPS) is 14.0. The summed E-state index contributed by atoms with van der Waals surface area (Å²) in [6.45, 7) is 11.9. The molecule has 4 unspecified atom stereocenters. The Bertz CT molecular complexity index is 1300. The fourth-order valence-corrected chi connectivity index (χ4v) is 5.46. The molecule has 0 spiro atoms. The largest absolute Gasteiger partial charge is 0.502 e. The van der Waals surface area contributed by atoms with E-state index in [-0.39, 0.29) is 31.0 Å². The van der Waals surface area contributed by atoms with E-state index in [0.29, 0.717) is 13.2 Å². The second-order valence-corrected chi connectivity index (χ2v) is 11.2. The van der Waals surface area contributed by atoms with Crippen LogP contribution in [-0.2, 0) is 9.47 Å². The third-order valence-electron chi connectivity index (χ3n) is 8.15. The van der Waals surface area contributed by atoms with Crippen molar-refractivity contribution in [2.45, 2.75) is 57.5 Å². The van der Waals surface area contributed by atoms with Crippen molar-refractivity contribution in [3.05, 3.63) is 149 Å². The topological polar surface area (TPSA) is 47.9 Å². The highest BCUT2D eigenvalue weighted by Crippen LogP contribution is 2.42. The van der Waals surface area contributed by atoms with Gasteiger partial charge < -0.3 is 19.3 Å². The standard InChI is InChI=1S/C39H46O4/c1-5-41-23-15-16-24-42-27-36(40)28-43-39-37(30(3)33-19-11-7-12-20-33)25-35(29(2)32-17-9-6-10-18-32)26-38(39)31(4)34-21-13-8-14-22-34/h5-14,17-22,25-26,29-31,36,40H,1,15-16,23-24,27-28H2,2-4H3. The lowest BCUT2D eigenvalue weighted by molar-refractivity contribution is 0.00980. The van der Waals surface area contributed by atoms with Gasteiger partial charge in [-0.1, -0.05) is 130 Å². The Kier molecular flexibility index (Phi) is 12.4. The van der Waals surface area contributed by atoms with Gasteiger partial charge in [-0.2, -0.15) is 0 Å². The molecular formula is C39H46O4. The number of ether oxygens (including phenoxy) is 3. The minimum Gasteiger partial charge on any atom is -0.502 e. The second-order valence-electron chi connectivity index (χ2n) is 11.2. The molecule has 1 N–H and O–H groups in total. The van der Waals surface area contributed by atoms with Crippen LogP contribution in [-0.4, -0.2) is 37.6 Å². The van der Waals surface area contributed by atoms with Gasteiger partial charge in [-0.15, -0.1) is 0 Å². The summed E-state index contributed by atoms with van der Waals surface area (Å²) < 4.78 is 17.5. The summed E-state index contributed by atoms with van der Waals surface area (Å²) in [5.41, 5.74) is 7.22. The first-order valence-electron chi connectivity index (χ1n) is 15.4. The molecule has 4 atom stereocenters. The van der Waals surface area contributed by atoms with Crippen LogP contribution in [0.15, 0.2) is 116 Å². The molecule has 4 rings (SSSR count). The van der Waals surface area contributed by atoms with Crippen LogP contribution >= 0.6 is 0 Å². The summed E-state index contributed by atoms with van der Waals surface area (Å²) >= 11 is 0. The highest BCUT2D eigenvalue weighted by molar-refractivity contribution is 5.54. The van der Waals surface area contributed by atoms with Gasteiger partial charge in [0.15, 0.2) is 0 Å². The number of aliphatic hydroxyl groups is 1. The summed E-state index contributed by atoms with van der Waals surface area (Å²) in [4.78, 5) is 0. The number of rotatable bonds is 17. The zero-order valence-corrected chi connectivity index (χ0v) is 25.8. The van der Waals surface area contributed by atoms with E-state index in [1.165, 1.54) is 28.5 Å². The minimum absolute atomic E-state index is 0.0898. The highest BCUT2D eigenvalue weighted by atomic mass is 16.5. The predicted octanol–water partition coefficient (Wildman–Crippen LogP) is 8.84. The van der Waals surface area contributed by atoms with Crippen molar-refractivity contribution >= 4 is 0 Å². The maximum absolute atomic E-state index is 10.8. The van der Waals surface area contributed by atoms with Crippen LogP contribution in [0.25, 0.3) is 0 Å². The van der Waals surface area contributed by atoms with Crippen LogP contribution in [0, 0.1) is 0 Å². The van der Waals surface area contributed by atoms with Crippen molar-refractivity contribution in [2.24, 2.45) is 0 Å². The molecule has 0 heterocycles. The Labute approximate surface area is 258 Å². The molecule has 0 aliphatic carbocycles. The summed E-state index contributed by atoms with van der Waals surface area (Å²) in [6, 6.07) is 36.4. The fourth-order valence-electron chi connectivity index (χ4n) is 5.46. The Hall–Kier alpha value is -3.86. The van der Waals surface area contributed by atoms with Crippen LogP contribution in [0.2, 0.25) is 0 Å². The van der Waals surface area contributed by atoms with E-state index in [0.717, 1.165) is 29.7 Å². The van der Waals surface area contributed by atoms with Gasteiger partial charge in [0.05, 0.1) is 19.5 Å². The van der Waals surface area contributed by atoms with Crippen LogP contribution in [0.1, 0.15) is 84.7 Å². The molecule has 0 aliphatic rings. The van der Waals surface area contributed by atoms with E-state index in [9.17, 15) is 5.11 Å². The molecular weight excluding hydrogens is 532 g/mol. The highest BCUT2D eigenvalue weighted by Gasteiger charge is 2.25. The molecule has 0 bridgehead atoms. The Balaban J connectivity index is 1.68. The first kappa shape index (κ1) is 32.1. The minimum atomic E-state index is -0.743. The van der Waals surface area contributed by atoms with Crippen molar-refractivity contribution in [1.82, 2.24) is 0 Å². The monoisotopic (exact) mass is 578 g/mol. The maximum atomic E-state index is 10.8. The molecule has 0 amide bonds. The van der Waals surface area contributed by atoms with Crippen molar-refractivity contribution < 1.29 is 19.3 Å². The van der Waals surface area contributed by atoms with Gasteiger partial charge in [-0.25, -0.2) is 0 Å². The van der Waals surface area contributed by atoms with Crippen molar-refractivity contribution in [2.75, 3.05) is 26.4 Å². The third-order valence-corrected chi connectivity index (χ3v) is 8.15. The molecule has 0 radical (unpaired) electrons. The average Bonchev–Trinajstić information content (AvgIpc) is 3.06. The second kappa shape index (κ2) is 16.7. The first-order chi connectivity index (χ1) is 21.0. The van der Waals surface area contributed by atoms with Gasteiger partial charge in [0.2, 0.25) is 0 Å². The predicted molar refractivity (Wildman–Crippen MR) is 176 cm³/mol. The lowest BCUT2D eigenvalue weighted by Gasteiger charge is -2.27. The van der Waals surface area contributed by atoms with E-state index in [1.54, 1.807) is 0 Å². The molecule has 0 aromatic heterocycles. The molecule has 0 aliphatic heterocycles. The Morgan fingerprint density at radius 2 is 1.09 bits per heavy atom. The quantitative estimate of drug-likeness (QED) is 0.100. The Morgan fingerprint density at radius 1 is 0.628 bits per heavy atom. The molecule has 4 aromatic carbocycles. The zero-order chi connectivity index (χ0) is 30.4. The van der Waals surface area contributed by atoms with Gasteiger partial charge in [0.1, 0.15) is 18.5 Å². The molecule has 226 valence electrons. The van der Waals surface area contributed by atoms with Crippen LogP contribution in [0.5, 0.6) is 5.75 Å². The number of unbranched alkanes of at least 4 members (excludes halogenated alkanes) is 1. The molecule has 4 nitrogen and oxygen atoms in total. The summed E-state index contributed by atoms with van der Waals surface area (Å²) in [7, 11) is 0. The summed E-state index contributed by atoms with van der Waals surface area (Å²) in [5, 5.41) is 10.8. The molecule has 4 aromatic rings. The van der Waals surface area contributed by atoms with Crippen LogP contribution in [0.3, 0.4) is 0 Å². The van der Waals surface area contributed by atoms with Gasteiger partial charge in [-0.3, -0.25) is 0 Å². The fraction of sp³-hybridized carbons (Fsp3) is 0.333. The number of aliphatic hydroxyl groups excluding tert-OH is 1. The lowest BCUT2D eigenvalue weighted by Crippen LogP contribution is -2.25. The van der Waals surface area contributed by atoms with Gasteiger partial charge in [0.25, 0.3) is 0 Å².